The molecule has 0 aliphatic carbocycles. The minimum atomic E-state index is 0.271. The minimum absolute atomic E-state index is 0.271. The molecule has 1 aromatic carbocycles. The van der Waals surface area contributed by atoms with Crippen LogP contribution in [0.5, 0.6) is 5.75 Å². The van der Waals surface area contributed by atoms with Crippen LogP contribution in [0.15, 0.2) is 28.7 Å². The van der Waals surface area contributed by atoms with Gasteiger partial charge in [-0.1, -0.05) is 12.1 Å². The van der Waals surface area contributed by atoms with Crippen LogP contribution in [0.25, 0.3) is 0 Å². The van der Waals surface area contributed by atoms with Crippen molar-refractivity contribution in [2.24, 2.45) is 0 Å². The van der Waals surface area contributed by atoms with E-state index in [1.54, 1.807) is 6.92 Å². The molecular weight excluding hydrogens is 354 g/mol. The van der Waals surface area contributed by atoms with Crippen molar-refractivity contribution >= 4 is 0 Å². The van der Waals surface area contributed by atoms with E-state index in [1.165, 1.54) is 16.8 Å². The number of ether oxygens (including phenoxy) is 1. The molecule has 7 heteroatoms. The summed E-state index contributed by atoms with van der Waals surface area (Å²) in [6, 6.07) is 8.47. The Balaban J connectivity index is 1.62. The highest BCUT2D eigenvalue weighted by Gasteiger charge is 2.15. The normalized spacial score (nSPS) is 11.6. The van der Waals surface area contributed by atoms with Crippen molar-refractivity contribution in [1.82, 2.24) is 24.9 Å². The Kier molecular flexibility index (Phi) is 6.14. The zero-order chi connectivity index (χ0) is 20.3. The van der Waals surface area contributed by atoms with Gasteiger partial charge in [-0.25, -0.2) is 0 Å². The van der Waals surface area contributed by atoms with Crippen LogP contribution in [0.2, 0.25) is 0 Å². The van der Waals surface area contributed by atoms with E-state index in [0.717, 1.165) is 24.5 Å². The molecule has 0 spiro atoms. The molecule has 0 amide bonds. The Bertz CT molecular complexity index is 929. The second kappa shape index (κ2) is 8.56. The standard InChI is InChI=1S/C21H29N5O2/c1-14(2)26-16(4)20(15(3)24-26)12-25(6)11-18-8-7-9-19(10-18)27-13-21-23-22-17(5)28-21/h7-10,14H,11-13H2,1-6H3. The van der Waals surface area contributed by atoms with Crippen LogP contribution in [0, 0.1) is 20.8 Å². The van der Waals surface area contributed by atoms with Gasteiger partial charge in [0.2, 0.25) is 5.89 Å². The summed E-state index contributed by atoms with van der Waals surface area (Å²) < 4.78 is 13.2. The molecule has 0 saturated heterocycles. The van der Waals surface area contributed by atoms with Gasteiger partial charge in [-0.3, -0.25) is 9.58 Å². The SMILES string of the molecule is Cc1nnc(COc2cccc(CN(C)Cc3c(C)nn(C(C)C)c3C)c2)o1. The molecule has 0 bridgehead atoms. The van der Waals surface area contributed by atoms with Crippen molar-refractivity contribution < 1.29 is 9.15 Å². The van der Waals surface area contributed by atoms with Gasteiger partial charge in [0, 0.05) is 37.3 Å². The van der Waals surface area contributed by atoms with Gasteiger partial charge < -0.3 is 9.15 Å². The zero-order valence-electron chi connectivity index (χ0n) is 17.6. The first-order valence-corrected chi connectivity index (χ1v) is 9.57. The van der Waals surface area contributed by atoms with Crippen LogP contribution in [0.4, 0.5) is 0 Å². The largest absolute Gasteiger partial charge is 0.484 e. The molecule has 150 valence electrons. The molecule has 3 aromatic rings. The van der Waals surface area contributed by atoms with Gasteiger partial charge in [-0.2, -0.15) is 5.10 Å². The number of benzene rings is 1. The molecule has 2 heterocycles. The first-order valence-electron chi connectivity index (χ1n) is 9.57. The molecule has 0 atom stereocenters. The van der Waals surface area contributed by atoms with E-state index in [1.807, 2.05) is 12.1 Å². The van der Waals surface area contributed by atoms with E-state index in [4.69, 9.17) is 9.15 Å². The van der Waals surface area contributed by atoms with Crippen LogP contribution >= 0.6 is 0 Å². The van der Waals surface area contributed by atoms with Gasteiger partial charge in [0.05, 0.1) is 5.69 Å². The van der Waals surface area contributed by atoms with Gasteiger partial charge in [-0.05, 0) is 52.4 Å². The maximum absolute atomic E-state index is 5.79. The Morgan fingerprint density at radius 1 is 1.14 bits per heavy atom. The molecule has 0 aliphatic heterocycles. The van der Waals surface area contributed by atoms with E-state index in [2.05, 4.69) is 71.8 Å². The highest BCUT2D eigenvalue weighted by Crippen LogP contribution is 2.21. The topological polar surface area (TPSA) is 69.2 Å². The first-order chi connectivity index (χ1) is 13.3. The summed E-state index contributed by atoms with van der Waals surface area (Å²) in [4.78, 5) is 2.29. The van der Waals surface area contributed by atoms with Crippen LogP contribution in [0.3, 0.4) is 0 Å². The van der Waals surface area contributed by atoms with Gasteiger partial charge in [0.25, 0.3) is 5.89 Å². The summed E-state index contributed by atoms with van der Waals surface area (Å²) in [5.41, 5.74) is 4.83. The molecule has 2 aromatic heterocycles. The molecule has 0 saturated carbocycles. The van der Waals surface area contributed by atoms with Crippen LogP contribution in [-0.4, -0.2) is 31.9 Å². The van der Waals surface area contributed by atoms with Gasteiger partial charge in [0.15, 0.2) is 6.61 Å². The minimum Gasteiger partial charge on any atom is -0.484 e. The van der Waals surface area contributed by atoms with Crippen molar-refractivity contribution in [2.45, 2.75) is 60.4 Å². The maximum atomic E-state index is 5.79. The quantitative estimate of drug-likeness (QED) is 0.586. The molecule has 7 nitrogen and oxygen atoms in total. The van der Waals surface area contributed by atoms with Crippen molar-refractivity contribution in [1.29, 1.82) is 0 Å². The highest BCUT2D eigenvalue weighted by atomic mass is 16.5. The molecule has 0 aliphatic rings. The summed E-state index contributed by atoms with van der Waals surface area (Å²) in [7, 11) is 2.13. The van der Waals surface area contributed by atoms with Crippen LogP contribution in [-0.2, 0) is 19.7 Å². The summed E-state index contributed by atoms with van der Waals surface area (Å²) >= 11 is 0. The summed E-state index contributed by atoms with van der Waals surface area (Å²) in [5, 5.41) is 12.5. The average Bonchev–Trinajstić information content (AvgIpc) is 3.18. The number of hydrogen-bond donors (Lipinski definition) is 0. The number of rotatable bonds is 8. The Morgan fingerprint density at radius 2 is 1.93 bits per heavy atom. The lowest BCUT2D eigenvalue weighted by atomic mass is 10.1. The highest BCUT2D eigenvalue weighted by molar-refractivity contribution is 5.29. The first kappa shape index (κ1) is 20.1. The number of aromatic nitrogens is 4. The molecule has 28 heavy (non-hydrogen) atoms. The fourth-order valence-corrected chi connectivity index (χ4v) is 3.34. The summed E-state index contributed by atoms with van der Waals surface area (Å²) in [6.45, 7) is 12.3. The summed E-state index contributed by atoms with van der Waals surface area (Å²) in [5.74, 6) is 1.82. The molecule has 0 radical (unpaired) electrons. The number of aryl methyl sites for hydroxylation is 2. The molecule has 0 fully saturated rings. The Morgan fingerprint density at radius 3 is 2.57 bits per heavy atom. The third kappa shape index (κ3) is 4.78. The summed E-state index contributed by atoms with van der Waals surface area (Å²) in [6.07, 6.45) is 0. The van der Waals surface area contributed by atoms with E-state index < -0.39 is 0 Å². The lowest BCUT2D eigenvalue weighted by Gasteiger charge is -2.18. The number of hydrogen-bond acceptors (Lipinski definition) is 6. The van der Waals surface area contributed by atoms with E-state index in [-0.39, 0.29) is 6.61 Å². The molecule has 3 rings (SSSR count). The smallest absolute Gasteiger partial charge is 0.253 e. The van der Waals surface area contributed by atoms with E-state index in [9.17, 15) is 0 Å². The van der Waals surface area contributed by atoms with E-state index >= 15 is 0 Å². The maximum Gasteiger partial charge on any atom is 0.253 e. The van der Waals surface area contributed by atoms with Gasteiger partial charge in [-0.15, -0.1) is 10.2 Å². The second-order valence-corrected chi connectivity index (χ2v) is 7.51. The van der Waals surface area contributed by atoms with Crippen LogP contribution < -0.4 is 4.74 Å². The average molecular weight is 383 g/mol. The third-order valence-corrected chi connectivity index (χ3v) is 4.67. The fraction of sp³-hybridized carbons (Fsp3) is 0.476. The monoisotopic (exact) mass is 383 g/mol. The van der Waals surface area contributed by atoms with Crippen LogP contribution in [0.1, 0.15) is 54.2 Å². The predicted molar refractivity (Wildman–Crippen MR) is 107 cm³/mol. The molecule has 0 unspecified atom stereocenters. The van der Waals surface area contributed by atoms with Gasteiger partial charge >= 0.3 is 0 Å². The van der Waals surface area contributed by atoms with Gasteiger partial charge in [0.1, 0.15) is 5.75 Å². The van der Waals surface area contributed by atoms with Crippen molar-refractivity contribution in [2.75, 3.05) is 7.05 Å². The molecular formula is C21H29N5O2. The van der Waals surface area contributed by atoms with E-state index in [0.29, 0.717) is 17.8 Å². The third-order valence-electron chi connectivity index (χ3n) is 4.67. The zero-order valence-corrected chi connectivity index (χ0v) is 17.6. The lowest BCUT2D eigenvalue weighted by Crippen LogP contribution is -2.18. The number of nitrogens with zero attached hydrogens (tertiary/aromatic N) is 5. The lowest BCUT2D eigenvalue weighted by molar-refractivity contribution is 0.259. The molecule has 0 N–H and O–H groups in total. The Hall–Kier alpha value is -2.67. The van der Waals surface area contributed by atoms with Crippen molar-refractivity contribution in [3.8, 4) is 5.75 Å². The Labute approximate surface area is 166 Å². The van der Waals surface area contributed by atoms with Crippen molar-refractivity contribution in [3.05, 3.63) is 58.6 Å². The second-order valence-electron chi connectivity index (χ2n) is 7.51. The fourth-order valence-electron chi connectivity index (χ4n) is 3.34. The predicted octanol–water partition coefficient (Wildman–Crippen LogP) is 3.98. The van der Waals surface area contributed by atoms with Crippen molar-refractivity contribution in [3.63, 3.8) is 0 Å².